The van der Waals surface area contributed by atoms with Gasteiger partial charge in [0, 0.05) is 37.3 Å². The van der Waals surface area contributed by atoms with E-state index in [1.54, 1.807) is 40.0 Å². The maximum Gasteiger partial charge on any atom is 0.407 e. The second kappa shape index (κ2) is 9.82. The normalized spacial score (nSPS) is 12.9. The summed E-state index contributed by atoms with van der Waals surface area (Å²) < 4.78 is 50.7. The molecule has 1 unspecified atom stereocenters. The lowest BCUT2D eigenvalue weighted by molar-refractivity contribution is -0.137. The van der Waals surface area contributed by atoms with Crippen LogP contribution < -0.4 is 15.6 Å². The number of fused-ring (bicyclic) bond motifs is 3. The summed E-state index contributed by atoms with van der Waals surface area (Å²) in [6, 6.07) is 5.69. The van der Waals surface area contributed by atoms with Gasteiger partial charge in [0.1, 0.15) is 24.0 Å². The molecule has 35 heavy (non-hydrogen) atoms. The van der Waals surface area contributed by atoms with Crippen LogP contribution in [-0.2, 0) is 11.8 Å². The summed E-state index contributed by atoms with van der Waals surface area (Å²) in [5.74, 6) is 0.0754. The molecule has 0 radical (unpaired) electrons. The Hall–Kier alpha value is -3.81. The average Bonchev–Trinajstić information content (AvgIpc) is 2.77. The molecule has 0 aliphatic carbocycles. The monoisotopic (exact) mass is 490 g/mol. The molecular formula is C24H25F3N4O4. The van der Waals surface area contributed by atoms with E-state index in [4.69, 9.17) is 9.47 Å². The molecule has 3 rings (SSSR count). The van der Waals surface area contributed by atoms with Crippen molar-refractivity contribution in [3.05, 3.63) is 46.5 Å². The standard InChI is InChI=1S/C24H25F3N4O4/c1-23(2,3)35-22(33)30-15(5-7-24(25,26)27)13-34-20-10-19-17(9-14(20)11-28)16-6-8-29-12-18(16)21(32)31(19)4/h6,8-10,12,15H,5,7,13H2,1-4H3,(H,30,33). The van der Waals surface area contributed by atoms with Crippen molar-refractivity contribution in [1.29, 1.82) is 5.26 Å². The summed E-state index contributed by atoms with van der Waals surface area (Å²) >= 11 is 0. The molecule has 2 aromatic heterocycles. The average molecular weight is 490 g/mol. The van der Waals surface area contributed by atoms with E-state index in [9.17, 15) is 28.0 Å². The molecule has 0 saturated heterocycles. The SMILES string of the molecule is Cn1c(=O)c2cnccc2c2cc(C#N)c(OCC(CCC(F)(F)F)NC(=O)OC(C)(C)C)cc21. The first kappa shape index (κ1) is 25.8. The van der Waals surface area contributed by atoms with Crippen LogP contribution in [0.5, 0.6) is 5.75 Å². The summed E-state index contributed by atoms with van der Waals surface area (Å²) in [6.45, 7) is 4.55. The van der Waals surface area contributed by atoms with Gasteiger partial charge in [-0.3, -0.25) is 9.78 Å². The summed E-state index contributed by atoms with van der Waals surface area (Å²) in [7, 11) is 1.56. The van der Waals surface area contributed by atoms with Crippen LogP contribution >= 0.6 is 0 Å². The predicted octanol–water partition coefficient (Wildman–Crippen LogP) is 4.57. The van der Waals surface area contributed by atoms with Gasteiger partial charge in [-0.05, 0) is 44.7 Å². The lowest BCUT2D eigenvalue weighted by atomic mass is 10.0. The fraction of sp³-hybridized carbons (Fsp3) is 0.417. The summed E-state index contributed by atoms with van der Waals surface area (Å²) in [6.07, 6.45) is -3.92. The predicted molar refractivity (Wildman–Crippen MR) is 123 cm³/mol. The Balaban J connectivity index is 1.93. The summed E-state index contributed by atoms with van der Waals surface area (Å²) in [4.78, 5) is 28.9. The minimum absolute atomic E-state index is 0.0754. The number of nitrogens with one attached hydrogen (secondary N) is 1. The van der Waals surface area contributed by atoms with Crippen LogP contribution in [0.1, 0.15) is 39.2 Å². The van der Waals surface area contributed by atoms with E-state index in [-0.39, 0.29) is 23.5 Å². The van der Waals surface area contributed by atoms with E-state index in [1.807, 2.05) is 6.07 Å². The van der Waals surface area contributed by atoms with Gasteiger partial charge < -0.3 is 19.4 Å². The first-order valence-corrected chi connectivity index (χ1v) is 10.8. The Morgan fingerprint density at radius 1 is 1.23 bits per heavy atom. The van der Waals surface area contributed by atoms with Gasteiger partial charge in [0.05, 0.1) is 22.5 Å². The number of ether oxygens (including phenoxy) is 2. The number of rotatable bonds is 6. The Kier molecular flexibility index (Phi) is 7.24. The lowest BCUT2D eigenvalue weighted by Gasteiger charge is -2.24. The lowest BCUT2D eigenvalue weighted by Crippen LogP contribution is -2.42. The maximum atomic E-state index is 12.8. The number of hydrogen-bond donors (Lipinski definition) is 1. The van der Waals surface area contributed by atoms with Crippen LogP contribution in [0.15, 0.2) is 35.4 Å². The van der Waals surface area contributed by atoms with Crippen molar-refractivity contribution in [3.8, 4) is 11.8 Å². The van der Waals surface area contributed by atoms with Crippen molar-refractivity contribution in [2.45, 2.75) is 51.4 Å². The van der Waals surface area contributed by atoms with Crippen LogP contribution in [0.3, 0.4) is 0 Å². The highest BCUT2D eigenvalue weighted by Crippen LogP contribution is 2.30. The van der Waals surface area contributed by atoms with Crippen LogP contribution in [0.4, 0.5) is 18.0 Å². The molecule has 186 valence electrons. The zero-order valence-corrected chi connectivity index (χ0v) is 19.7. The molecule has 3 aromatic rings. The Morgan fingerprint density at radius 3 is 2.57 bits per heavy atom. The van der Waals surface area contributed by atoms with Gasteiger partial charge in [0.25, 0.3) is 5.56 Å². The number of aryl methyl sites for hydroxylation is 1. The first-order chi connectivity index (χ1) is 16.3. The number of halogens is 3. The fourth-order valence-electron chi connectivity index (χ4n) is 3.56. The number of carbonyl (C=O) groups excluding carboxylic acids is 1. The third-order valence-corrected chi connectivity index (χ3v) is 5.16. The largest absolute Gasteiger partial charge is 0.490 e. The van der Waals surface area contributed by atoms with Gasteiger partial charge in [0.2, 0.25) is 0 Å². The van der Waals surface area contributed by atoms with E-state index >= 15 is 0 Å². The Bertz CT molecular complexity index is 1350. The quantitative estimate of drug-likeness (QED) is 0.508. The zero-order valence-electron chi connectivity index (χ0n) is 19.7. The summed E-state index contributed by atoms with van der Waals surface area (Å²) in [5, 5.41) is 13.7. The summed E-state index contributed by atoms with van der Waals surface area (Å²) in [5.41, 5.74) is -0.545. The maximum absolute atomic E-state index is 12.8. The number of nitriles is 1. The van der Waals surface area contributed by atoms with Crippen LogP contribution in [0.25, 0.3) is 21.7 Å². The molecule has 0 aliphatic rings. The molecule has 0 saturated carbocycles. The van der Waals surface area contributed by atoms with Crippen molar-refractivity contribution in [2.24, 2.45) is 7.05 Å². The second-order valence-corrected chi connectivity index (χ2v) is 9.07. The number of hydrogen-bond acceptors (Lipinski definition) is 6. The fourth-order valence-corrected chi connectivity index (χ4v) is 3.56. The minimum atomic E-state index is -4.43. The molecule has 1 N–H and O–H groups in total. The van der Waals surface area contributed by atoms with E-state index in [0.717, 1.165) is 0 Å². The Labute approximate surface area is 199 Å². The molecule has 0 bridgehead atoms. The van der Waals surface area contributed by atoms with Gasteiger partial charge in [-0.15, -0.1) is 0 Å². The van der Waals surface area contributed by atoms with Crippen molar-refractivity contribution in [2.75, 3.05) is 6.61 Å². The molecule has 0 fully saturated rings. The molecule has 11 heteroatoms. The second-order valence-electron chi connectivity index (χ2n) is 9.07. The minimum Gasteiger partial charge on any atom is -0.490 e. The third-order valence-electron chi connectivity index (χ3n) is 5.16. The Morgan fingerprint density at radius 2 is 1.94 bits per heavy atom. The topological polar surface area (TPSA) is 106 Å². The molecular weight excluding hydrogens is 465 g/mol. The van der Waals surface area contributed by atoms with E-state index in [0.29, 0.717) is 21.7 Å². The number of pyridine rings is 2. The van der Waals surface area contributed by atoms with Crippen molar-refractivity contribution >= 4 is 27.8 Å². The van der Waals surface area contributed by atoms with Gasteiger partial charge >= 0.3 is 12.3 Å². The number of nitrogens with zero attached hydrogens (tertiary/aromatic N) is 3. The molecule has 8 nitrogen and oxygen atoms in total. The number of aromatic nitrogens is 2. The number of alkyl halides is 3. The number of amides is 1. The highest BCUT2D eigenvalue weighted by atomic mass is 19.4. The van der Waals surface area contributed by atoms with Crippen LogP contribution in [0.2, 0.25) is 0 Å². The van der Waals surface area contributed by atoms with Gasteiger partial charge in [-0.1, -0.05) is 0 Å². The van der Waals surface area contributed by atoms with E-state index < -0.39 is 36.8 Å². The van der Waals surface area contributed by atoms with E-state index in [1.165, 1.54) is 23.0 Å². The molecule has 1 atom stereocenters. The zero-order chi connectivity index (χ0) is 26.0. The molecule has 2 heterocycles. The van der Waals surface area contributed by atoms with Gasteiger partial charge in [-0.25, -0.2) is 4.79 Å². The smallest absolute Gasteiger partial charge is 0.407 e. The molecule has 1 aromatic carbocycles. The van der Waals surface area contributed by atoms with Crippen LogP contribution in [-0.4, -0.2) is 40.1 Å². The van der Waals surface area contributed by atoms with Gasteiger partial charge in [0.15, 0.2) is 0 Å². The number of carbonyl (C=O) groups is 1. The third kappa shape index (κ3) is 6.41. The highest BCUT2D eigenvalue weighted by molar-refractivity contribution is 6.06. The van der Waals surface area contributed by atoms with Crippen molar-refractivity contribution in [1.82, 2.24) is 14.9 Å². The molecule has 1 amide bonds. The van der Waals surface area contributed by atoms with Crippen molar-refractivity contribution < 1.29 is 27.4 Å². The molecule has 0 aliphatic heterocycles. The van der Waals surface area contributed by atoms with Gasteiger partial charge in [-0.2, -0.15) is 18.4 Å². The van der Waals surface area contributed by atoms with Crippen LogP contribution in [0, 0.1) is 11.3 Å². The number of alkyl carbamates (subject to hydrolysis) is 1. The van der Waals surface area contributed by atoms with Crippen molar-refractivity contribution in [3.63, 3.8) is 0 Å². The highest BCUT2D eigenvalue weighted by Gasteiger charge is 2.30. The first-order valence-electron chi connectivity index (χ1n) is 10.8. The molecule has 0 spiro atoms. The van der Waals surface area contributed by atoms with E-state index in [2.05, 4.69) is 10.3 Å². The number of benzene rings is 1.